The summed E-state index contributed by atoms with van der Waals surface area (Å²) in [4.78, 5) is 9.37. The molecule has 2 fully saturated rings. The van der Waals surface area contributed by atoms with Gasteiger partial charge >= 0.3 is 0 Å². The van der Waals surface area contributed by atoms with Crippen molar-refractivity contribution in [3.63, 3.8) is 0 Å². The third-order valence-corrected chi connectivity index (χ3v) is 5.11. The maximum absolute atomic E-state index is 4.38. The quantitative estimate of drug-likeness (QED) is 0.608. The zero-order valence-electron chi connectivity index (χ0n) is 14.8. The minimum atomic E-state index is 0.606. The number of rotatable bonds is 4. The number of hydrogen-bond acceptors (Lipinski definition) is 3. The van der Waals surface area contributed by atoms with Crippen LogP contribution in [0.1, 0.15) is 39.0 Å². The molecule has 5 heteroatoms. The average molecular weight is 310 g/mol. The Morgan fingerprint density at radius 3 is 2.59 bits per heavy atom. The van der Waals surface area contributed by atoms with Crippen molar-refractivity contribution in [1.29, 1.82) is 0 Å². The van der Waals surface area contributed by atoms with E-state index in [-0.39, 0.29) is 0 Å². The van der Waals surface area contributed by atoms with Gasteiger partial charge in [-0.3, -0.25) is 4.99 Å². The molecule has 1 heterocycles. The van der Waals surface area contributed by atoms with E-state index in [9.17, 15) is 0 Å². The predicted molar refractivity (Wildman–Crippen MR) is 94.5 cm³/mol. The molecule has 1 aliphatic heterocycles. The lowest BCUT2D eigenvalue weighted by Crippen LogP contribution is -2.47. The monoisotopic (exact) mass is 309 g/mol. The molecule has 0 atom stereocenters. The highest BCUT2D eigenvalue weighted by Gasteiger charge is 2.19. The molecule has 2 aliphatic rings. The number of aliphatic imine (C=N–C) groups is 1. The van der Waals surface area contributed by atoms with E-state index in [1.54, 1.807) is 0 Å². The Kier molecular flexibility index (Phi) is 7.46. The molecule has 0 spiro atoms. The van der Waals surface area contributed by atoms with Crippen LogP contribution in [0.5, 0.6) is 0 Å². The SMILES string of the molecule is CN=C(NCCN1CCCN(C)CC1)NC1CCC(C)CC1. The van der Waals surface area contributed by atoms with Gasteiger partial charge in [0.15, 0.2) is 5.96 Å². The third kappa shape index (κ3) is 6.13. The van der Waals surface area contributed by atoms with Crippen LogP contribution in [0.4, 0.5) is 0 Å². The molecule has 1 aliphatic carbocycles. The summed E-state index contributed by atoms with van der Waals surface area (Å²) in [6.45, 7) is 9.27. The van der Waals surface area contributed by atoms with Crippen LogP contribution in [0.3, 0.4) is 0 Å². The third-order valence-electron chi connectivity index (χ3n) is 5.11. The molecule has 0 unspecified atom stereocenters. The van der Waals surface area contributed by atoms with E-state index < -0.39 is 0 Å². The van der Waals surface area contributed by atoms with E-state index in [1.165, 1.54) is 58.3 Å². The van der Waals surface area contributed by atoms with E-state index in [1.807, 2.05) is 7.05 Å². The van der Waals surface area contributed by atoms with Gasteiger partial charge in [0.05, 0.1) is 0 Å². The Bertz CT molecular complexity index is 336. The molecule has 22 heavy (non-hydrogen) atoms. The normalized spacial score (nSPS) is 29.1. The summed E-state index contributed by atoms with van der Waals surface area (Å²) in [5.41, 5.74) is 0. The molecule has 1 saturated carbocycles. The summed E-state index contributed by atoms with van der Waals surface area (Å²) < 4.78 is 0. The van der Waals surface area contributed by atoms with Gasteiger partial charge in [-0.1, -0.05) is 6.92 Å². The second-order valence-corrected chi connectivity index (χ2v) is 7.10. The van der Waals surface area contributed by atoms with Crippen LogP contribution in [0.25, 0.3) is 0 Å². The molecule has 0 amide bonds. The number of nitrogens with zero attached hydrogens (tertiary/aromatic N) is 3. The van der Waals surface area contributed by atoms with Gasteiger partial charge in [0, 0.05) is 39.3 Å². The first-order valence-electron chi connectivity index (χ1n) is 9.05. The molecule has 128 valence electrons. The maximum Gasteiger partial charge on any atom is 0.191 e. The minimum Gasteiger partial charge on any atom is -0.355 e. The summed E-state index contributed by atoms with van der Waals surface area (Å²) >= 11 is 0. The summed E-state index contributed by atoms with van der Waals surface area (Å²) in [7, 11) is 4.10. The van der Waals surface area contributed by atoms with Gasteiger partial charge in [-0.05, 0) is 58.2 Å². The highest BCUT2D eigenvalue weighted by molar-refractivity contribution is 5.79. The second-order valence-electron chi connectivity index (χ2n) is 7.10. The van der Waals surface area contributed by atoms with Crippen molar-refractivity contribution >= 4 is 5.96 Å². The van der Waals surface area contributed by atoms with E-state index in [0.717, 1.165) is 25.0 Å². The van der Waals surface area contributed by atoms with Crippen molar-refractivity contribution in [3.05, 3.63) is 0 Å². The summed E-state index contributed by atoms with van der Waals surface area (Å²) in [5.74, 6) is 1.88. The number of nitrogens with one attached hydrogen (secondary N) is 2. The average Bonchev–Trinajstić information content (AvgIpc) is 2.73. The van der Waals surface area contributed by atoms with Gasteiger partial charge < -0.3 is 20.4 Å². The fraction of sp³-hybridized carbons (Fsp3) is 0.941. The fourth-order valence-corrected chi connectivity index (χ4v) is 3.45. The summed E-state index contributed by atoms with van der Waals surface area (Å²) in [6, 6.07) is 0.606. The van der Waals surface area contributed by atoms with Crippen molar-refractivity contribution < 1.29 is 0 Å². The topological polar surface area (TPSA) is 42.9 Å². The van der Waals surface area contributed by atoms with Crippen molar-refractivity contribution in [1.82, 2.24) is 20.4 Å². The summed E-state index contributed by atoms with van der Waals surface area (Å²) in [6.07, 6.45) is 6.52. The Labute approximate surface area is 136 Å². The van der Waals surface area contributed by atoms with E-state index in [0.29, 0.717) is 6.04 Å². The second kappa shape index (κ2) is 9.36. The van der Waals surface area contributed by atoms with E-state index in [4.69, 9.17) is 0 Å². The molecular formula is C17H35N5. The first kappa shape index (κ1) is 17.5. The minimum absolute atomic E-state index is 0.606. The van der Waals surface area contributed by atoms with Gasteiger partial charge in [0.25, 0.3) is 0 Å². The molecule has 5 nitrogen and oxygen atoms in total. The first-order valence-corrected chi connectivity index (χ1v) is 9.05. The van der Waals surface area contributed by atoms with Crippen molar-refractivity contribution in [3.8, 4) is 0 Å². The molecular weight excluding hydrogens is 274 g/mol. The van der Waals surface area contributed by atoms with Crippen LogP contribution in [-0.4, -0.2) is 75.2 Å². The van der Waals surface area contributed by atoms with Crippen LogP contribution in [0.2, 0.25) is 0 Å². The van der Waals surface area contributed by atoms with Gasteiger partial charge in [-0.2, -0.15) is 0 Å². The van der Waals surface area contributed by atoms with E-state index >= 15 is 0 Å². The van der Waals surface area contributed by atoms with Gasteiger partial charge in [0.1, 0.15) is 0 Å². The fourth-order valence-electron chi connectivity index (χ4n) is 3.45. The molecule has 1 saturated heterocycles. The molecule has 2 rings (SSSR count). The molecule has 0 aromatic heterocycles. The lowest BCUT2D eigenvalue weighted by molar-refractivity contribution is 0.279. The molecule has 0 aromatic rings. The maximum atomic E-state index is 4.38. The van der Waals surface area contributed by atoms with Gasteiger partial charge in [-0.25, -0.2) is 0 Å². The zero-order valence-corrected chi connectivity index (χ0v) is 14.8. The van der Waals surface area contributed by atoms with Crippen LogP contribution in [0.15, 0.2) is 4.99 Å². The van der Waals surface area contributed by atoms with E-state index in [2.05, 4.69) is 39.4 Å². The van der Waals surface area contributed by atoms with Gasteiger partial charge in [0.2, 0.25) is 0 Å². The standard InChI is InChI=1S/C17H35N5/c1-15-5-7-16(8-6-15)20-17(18-2)19-9-12-22-11-4-10-21(3)13-14-22/h15-16H,4-14H2,1-3H3,(H2,18,19,20). The van der Waals surface area contributed by atoms with Crippen LogP contribution >= 0.6 is 0 Å². The smallest absolute Gasteiger partial charge is 0.191 e. The van der Waals surface area contributed by atoms with Crippen LogP contribution in [-0.2, 0) is 0 Å². The highest BCUT2D eigenvalue weighted by atomic mass is 15.2. The Morgan fingerprint density at radius 1 is 1.09 bits per heavy atom. The summed E-state index contributed by atoms with van der Waals surface area (Å²) in [5, 5.41) is 7.09. The van der Waals surface area contributed by atoms with Gasteiger partial charge in [-0.15, -0.1) is 0 Å². The van der Waals surface area contributed by atoms with Crippen molar-refractivity contribution in [2.75, 3.05) is 53.4 Å². The Balaban J connectivity index is 1.64. The predicted octanol–water partition coefficient (Wildman–Crippen LogP) is 1.37. The largest absolute Gasteiger partial charge is 0.355 e. The molecule has 0 bridgehead atoms. The van der Waals surface area contributed by atoms with Crippen molar-refractivity contribution in [2.24, 2.45) is 10.9 Å². The molecule has 0 radical (unpaired) electrons. The lowest BCUT2D eigenvalue weighted by Gasteiger charge is -2.28. The lowest BCUT2D eigenvalue weighted by atomic mass is 9.87. The van der Waals surface area contributed by atoms with Crippen LogP contribution in [0, 0.1) is 5.92 Å². The zero-order chi connectivity index (χ0) is 15.8. The number of guanidine groups is 1. The Hall–Kier alpha value is -0.810. The number of hydrogen-bond donors (Lipinski definition) is 2. The van der Waals surface area contributed by atoms with Crippen LogP contribution < -0.4 is 10.6 Å². The molecule has 0 aromatic carbocycles. The number of likely N-dealkylation sites (N-methyl/N-ethyl adjacent to an activating group) is 1. The Morgan fingerprint density at radius 2 is 1.86 bits per heavy atom. The first-order chi connectivity index (χ1) is 10.7. The highest BCUT2D eigenvalue weighted by Crippen LogP contribution is 2.23. The van der Waals surface area contributed by atoms with Crippen molar-refractivity contribution in [2.45, 2.75) is 45.1 Å². The molecule has 2 N–H and O–H groups in total.